The number of carbonyl (C=O) groups excluding carboxylic acids is 1. The van der Waals surface area contributed by atoms with Crippen molar-refractivity contribution in [2.75, 3.05) is 19.4 Å². The first-order chi connectivity index (χ1) is 11.4. The van der Waals surface area contributed by atoms with Gasteiger partial charge in [-0.3, -0.25) is 4.79 Å². The Kier molecular flexibility index (Phi) is 5.74. The highest BCUT2D eigenvalue weighted by atomic mass is 35.5. The van der Waals surface area contributed by atoms with E-state index in [-0.39, 0.29) is 16.8 Å². The van der Waals surface area contributed by atoms with Gasteiger partial charge in [0.1, 0.15) is 16.7 Å². The Labute approximate surface area is 149 Å². The summed E-state index contributed by atoms with van der Waals surface area (Å²) in [6.45, 7) is 0. The van der Waals surface area contributed by atoms with Crippen molar-refractivity contribution < 1.29 is 4.79 Å². The van der Waals surface area contributed by atoms with Gasteiger partial charge >= 0.3 is 0 Å². The molecular weight excluding hydrogens is 349 g/mol. The Morgan fingerprint density at radius 2 is 2.12 bits per heavy atom. The maximum absolute atomic E-state index is 11.9. The monoisotopic (exact) mass is 361 g/mol. The molecule has 0 bridgehead atoms. The number of hydrogen-bond acceptors (Lipinski definition) is 5. The van der Waals surface area contributed by atoms with E-state index in [1.807, 2.05) is 6.07 Å². The molecule has 1 heterocycles. The number of hydrogen-bond donors (Lipinski definition) is 1. The molecule has 0 aliphatic rings. The van der Waals surface area contributed by atoms with E-state index in [0.717, 1.165) is 0 Å². The highest BCUT2D eigenvalue weighted by Gasteiger charge is 2.11. The van der Waals surface area contributed by atoms with Crippen LogP contribution in [0.15, 0.2) is 36.0 Å². The van der Waals surface area contributed by atoms with Crippen LogP contribution in [-0.4, -0.2) is 34.9 Å². The summed E-state index contributed by atoms with van der Waals surface area (Å²) in [5, 5.41) is 12.6. The summed E-state index contributed by atoms with van der Waals surface area (Å²) in [6.07, 6.45) is 2.91. The lowest BCUT2D eigenvalue weighted by Crippen LogP contribution is -2.22. The molecule has 24 heavy (non-hydrogen) atoms. The molecule has 0 saturated heterocycles. The average Bonchev–Trinajstić information content (AvgIpc) is 2.55. The predicted molar refractivity (Wildman–Crippen MR) is 94.1 cm³/mol. The van der Waals surface area contributed by atoms with Crippen molar-refractivity contribution in [2.24, 2.45) is 0 Å². The third kappa shape index (κ3) is 4.44. The highest BCUT2D eigenvalue weighted by molar-refractivity contribution is 6.33. The molecule has 0 fully saturated rings. The van der Waals surface area contributed by atoms with Gasteiger partial charge in [0.25, 0.3) is 5.91 Å². The third-order valence-corrected chi connectivity index (χ3v) is 3.39. The predicted octanol–water partition coefficient (Wildman–Crippen LogP) is 3.52. The van der Waals surface area contributed by atoms with Crippen molar-refractivity contribution >= 4 is 46.7 Å². The van der Waals surface area contributed by atoms with Gasteiger partial charge in [-0.2, -0.15) is 10.2 Å². The van der Waals surface area contributed by atoms with Crippen LogP contribution in [0, 0.1) is 11.3 Å². The molecule has 8 heteroatoms. The fraction of sp³-hybridized carbons (Fsp3) is 0.125. The van der Waals surface area contributed by atoms with Crippen molar-refractivity contribution in [1.82, 2.24) is 14.9 Å². The second kappa shape index (κ2) is 7.77. The molecule has 1 N–H and O–H groups in total. The summed E-state index contributed by atoms with van der Waals surface area (Å²) in [6, 6.07) is 9.02. The van der Waals surface area contributed by atoms with Crippen LogP contribution >= 0.6 is 23.2 Å². The quantitative estimate of drug-likeness (QED) is 0.511. The number of anilines is 2. The fourth-order valence-corrected chi connectivity index (χ4v) is 2.10. The Hall–Kier alpha value is -2.62. The van der Waals surface area contributed by atoms with Crippen molar-refractivity contribution in [3.63, 3.8) is 0 Å². The zero-order valence-corrected chi connectivity index (χ0v) is 14.4. The van der Waals surface area contributed by atoms with Crippen molar-refractivity contribution in [3.8, 4) is 6.07 Å². The highest BCUT2D eigenvalue weighted by Crippen LogP contribution is 2.24. The smallest absolute Gasteiger partial charge is 0.264 e. The lowest BCUT2D eigenvalue weighted by atomic mass is 10.1. The molecule has 1 aromatic carbocycles. The van der Waals surface area contributed by atoms with Gasteiger partial charge in [0.05, 0.1) is 6.20 Å². The molecule has 0 atom stereocenters. The second-order valence-corrected chi connectivity index (χ2v) is 5.70. The van der Waals surface area contributed by atoms with Crippen LogP contribution in [-0.2, 0) is 4.79 Å². The van der Waals surface area contributed by atoms with E-state index < -0.39 is 0 Å². The van der Waals surface area contributed by atoms with Crippen LogP contribution in [0.2, 0.25) is 10.3 Å². The SMILES string of the molecule is CN(C)C(=O)C(C#N)=Cc1cccc(Nc2nc(Cl)ncc2Cl)c1. The topological polar surface area (TPSA) is 81.9 Å². The molecule has 0 spiro atoms. The van der Waals surface area contributed by atoms with E-state index in [4.69, 9.17) is 28.5 Å². The number of nitrogens with zero attached hydrogens (tertiary/aromatic N) is 4. The van der Waals surface area contributed by atoms with E-state index in [9.17, 15) is 4.79 Å². The van der Waals surface area contributed by atoms with Crippen LogP contribution < -0.4 is 5.32 Å². The summed E-state index contributed by atoms with van der Waals surface area (Å²) in [7, 11) is 3.18. The van der Waals surface area contributed by atoms with Gasteiger partial charge in [0.15, 0.2) is 5.82 Å². The number of nitrogens with one attached hydrogen (secondary N) is 1. The first-order valence-corrected chi connectivity index (χ1v) is 7.55. The van der Waals surface area contributed by atoms with Crippen molar-refractivity contribution in [3.05, 3.63) is 51.9 Å². The first kappa shape index (κ1) is 17.7. The van der Waals surface area contributed by atoms with Crippen LogP contribution in [0.5, 0.6) is 0 Å². The molecule has 0 aliphatic carbocycles. The summed E-state index contributed by atoms with van der Waals surface area (Å²) in [5.74, 6) is 0.00385. The number of likely N-dealkylation sites (N-methyl/N-ethyl adjacent to an activating group) is 1. The van der Waals surface area contributed by atoms with Gasteiger partial charge in [-0.25, -0.2) is 4.98 Å². The number of nitriles is 1. The van der Waals surface area contributed by atoms with Gasteiger partial charge in [-0.15, -0.1) is 0 Å². The molecule has 0 aliphatic heterocycles. The van der Waals surface area contributed by atoms with Gasteiger partial charge in [0, 0.05) is 19.8 Å². The maximum atomic E-state index is 11.9. The van der Waals surface area contributed by atoms with Gasteiger partial charge in [-0.1, -0.05) is 23.7 Å². The molecular formula is C16H13Cl2N5O. The van der Waals surface area contributed by atoms with Crippen LogP contribution in [0.4, 0.5) is 11.5 Å². The molecule has 122 valence electrons. The number of benzene rings is 1. The zero-order valence-electron chi connectivity index (χ0n) is 12.9. The maximum Gasteiger partial charge on any atom is 0.264 e. The molecule has 0 unspecified atom stereocenters. The lowest BCUT2D eigenvalue weighted by Gasteiger charge is -2.10. The Morgan fingerprint density at radius 1 is 1.38 bits per heavy atom. The summed E-state index contributed by atoms with van der Waals surface area (Å²) < 4.78 is 0. The summed E-state index contributed by atoms with van der Waals surface area (Å²) in [4.78, 5) is 21.0. The Morgan fingerprint density at radius 3 is 2.79 bits per heavy atom. The van der Waals surface area contributed by atoms with Gasteiger partial charge in [0.2, 0.25) is 5.28 Å². The normalized spacial score (nSPS) is 10.9. The average molecular weight is 362 g/mol. The summed E-state index contributed by atoms with van der Waals surface area (Å²) >= 11 is 11.8. The van der Waals surface area contributed by atoms with Crippen molar-refractivity contribution in [2.45, 2.75) is 0 Å². The second-order valence-electron chi connectivity index (χ2n) is 4.96. The molecule has 1 amide bonds. The molecule has 6 nitrogen and oxygen atoms in total. The zero-order chi connectivity index (χ0) is 17.7. The third-order valence-electron chi connectivity index (χ3n) is 2.93. The largest absolute Gasteiger partial charge is 0.344 e. The molecule has 2 rings (SSSR count). The van der Waals surface area contributed by atoms with Crippen molar-refractivity contribution in [1.29, 1.82) is 5.26 Å². The van der Waals surface area contributed by atoms with E-state index >= 15 is 0 Å². The number of halogens is 2. The number of amides is 1. The number of rotatable bonds is 4. The Bertz CT molecular complexity index is 843. The minimum atomic E-state index is -0.360. The molecule has 1 aromatic heterocycles. The molecule has 2 aromatic rings. The van der Waals surface area contributed by atoms with Gasteiger partial charge < -0.3 is 10.2 Å². The standard InChI is InChI=1S/C16H13Cl2N5O/c1-23(2)15(24)11(8-19)6-10-4-3-5-12(7-10)21-14-13(17)9-20-16(18)22-14/h3-7,9H,1-2H3,(H,20,21,22). The first-order valence-electron chi connectivity index (χ1n) is 6.79. The minimum absolute atomic E-state index is 0.0419. The molecule has 0 saturated carbocycles. The van der Waals surface area contributed by atoms with Crippen LogP contribution in [0.1, 0.15) is 5.56 Å². The van der Waals surface area contributed by atoms with E-state index in [1.165, 1.54) is 17.2 Å². The van der Waals surface area contributed by atoms with E-state index in [2.05, 4.69) is 15.3 Å². The van der Waals surface area contributed by atoms with E-state index in [0.29, 0.717) is 22.1 Å². The number of carbonyl (C=O) groups is 1. The van der Waals surface area contributed by atoms with Crippen LogP contribution in [0.25, 0.3) is 6.08 Å². The van der Waals surface area contributed by atoms with Crippen LogP contribution in [0.3, 0.4) is 0 Å². The minimum Gasteiger partial charge on any atom is -0.344 e. The fourth-order valence-electron chi connectivity index (χ4n) is 1.83. The number of aromatic nitrogens is 2. The summed E-state index contributed by atoms with van der Waals surface area (Å²) in [5.41, 5.74) is 1.40. The Balaban J connectivity index is 2.31. The van der Waals surface area contributed by atoms with Gasteiger partial charge in [-0.05, 0) is 35.4 Å². The lowest BCUT2D eigenvalue weighted by molar-refractivity contribution is -0.124. The molecule has 0 radical (unpaired) electrons. The van der Waals surface area contributed by atoms with E-state index in [1.54, 1.807) is 38.4 Å².